The maximum atomic E-state index is 12.1. The van der Waals surface area contributed by atoms with Crippen LogP contribution in [0.5, 0.6) is 0 Å². The summed E-state index contributed by atoms with van der Waals surface area (Å²) in [5.74, 6) is 0.258. The van der Waals surface area contributed by atoms with Crippen LogP contribution in [0.4, 0.5) is 0 Å². The quantitative estimate of drug-likeness (QED) is 0.415. The Balaban J connectivity index is 0.000000152. The van der Waals surface area contributed by atoms with E-state index in [-0.39, 0.29) is 47.3 Å². The number of hydrogen-bond donors (Lipinski definition) is 1. The molecule has 1 heterocycles. The number of hydrogen-bond acceptors (Lipinski definition) is 8. The van der Waals surface area contributed by atoms with Crippen molar-refractivity contribution in [3.05, 3.63) is 0 Å². The van der Waals surface area contributed by atoms with E-state index in [1.54, 1.807) is 0 Å². The van der Waals surface area contributed by atoms with Crippen molar-refractivity contribution in [1.82, 2.24) is 0 Å². The van der Waals surface area contributed by atoms with Gasteiger partial charge in [-0.1, -0.05) is 27.7 Å². The van der Waals surface area contributed by atoms with E-state index in [0.29, 0.717) is 24.7 Å². The average molecular weight is 516 g/mol. The third-order valence-corrected chi connectivity index (χ3v) is 10.3. The van der Waals surface area contributed by atoms with E-state index in [1.807, 2.05) is 27.7 Å². The molecule has 0 amide bonds. The lowest BCUT2D eigenvalue weighted by Crippen LogP contribution is -2.60. The molecular formula is C29H41NO7. The standard InChI is InChI=1S/C15H24O3.C14H17NO4/c1-3-10(2)13(16)18-15-7-11-4-12(8-15)6-14(17,5-11)9-15;1-3-7(2)12(16)18-10-8-4-9-11(10)19-13(17)14(9,5-8)6-15/h10-12,17H,3-9H2,1-2H3;7-11H,3-5H2,1-2H3. The molecule has 1 aliphatic heterocycles. The van der Waals surface area contributed by atoms with Crippen LogP contribution in [0.15, 0.2) is 0 Å². The molecule has 0 aromatic heterocycles. The van der Waals surface area contributed by atoms with Crippen molar-refractivity contribution >= 4 is 17.9 Å². The number of nitriles is 1. The van der Waals surface area contributed by atoms with Gasteiger partial charge in [0.2, 0.25) is 0 Å². The summed E-state index contributed by atoms with van der Waals surface area (Å²) in [5, 5.41) is 19.9. The Labute approximate surface area is 219 Å². The molecule has 8 heteroatoms. The van der Waals surface area contributed by atoms with Crippen LogP contribution in [0.25, 0.3) is 0 Å². The van der Waals surface area contributed by atoms with E-state index in [0.717, 1.165) is 44.9 Å². The van der Waals surface area contributed by atoms with E-state index in [9.17, 15) is 24.8 Å². The lowest BCUT2D eigenvalue weighted by atomic mass is 9.52. The van der Waals surface area contributed by atoms with Crippen LogP contribution in [0, 0.1) is 52.3 Å². The van der Waals surface area contributed by atoms with Crippen LogP contribution in [-0.2, 0) is 28.6 Å². The summed E-state index contributed by atoms with van der Waals surface area (Å²) in [4.78, 5) is 35.8. The molecule has 9 unspecified atom stereocenters. The summed E-state index contributed by atoms with van der Waals surface area (Å²) in [6.45, 7) is 7.70. The van der Waals surface area contributed by atoms with E-state index >= 15 is 0 Å². The van der Waals surface area contributed by atoms with Gasteiger partial charge in [-0.3, -0.25) is 14.4 Å². The van der Waals surface area contributed by atoms with Crippen LogP contribution >= 0.6 is 0 Å². The molecule has 9 atom stereocenters. The molecule has 6 saturated carbocycles. The second-order valence-electron chi connectivity index (χ2n) is 13.1. The zero-order chi connectivity index (χ0) is 26.8. The molecule has 204 valence electrons. The van der Waals surface area contributed by atoms with Crippen molar-refractivity contribution in [2.75, 3.05) is 0 Å². The van der Waals surface area contributed by atoms with Crippen molar-refractivity contribution in [2.24, 2.45) is 40.9 Å². The third kappa shape index (κ3) is 4.35. The Morgan fingerprint density at radius 3 is 2.24 bits per heavy atom. The Morgan fingerprint density at radius 2 is 1.68 bits per heavy atom. The zero-order valence-corrected chi connectivity index (χ0v) is 22.5. The summed E-state index contributed by atoms with van der Waals surface area (Å²) in [6, 6.07) is 2.14. The molecule has 7 aliphatic rings. The molecule has 0 radical (unpaired) electrons. The molecular weight excluding hydrogens is 474 g/mol. The number of esters is 3. The van der Waals surface area contributed by atoms with E-state index in [2.05, 4.69) is 6.07 Å². The number of fused-ring (bicyclic) bond motifs is 1. The van der Waals surface area contributed by atoms with Crippen LogP contribution < -0.4 is 0 Å². The molecule has 1 N–H and O–H groups in total. The minimum Gasteiger partial charge on any atom is -0.459 e. The third-order valence-electron chi connectivity index (χ3n) is 10.3. The summed E-state index contributed by atoms with van der Waals surface area (Å²) in [7, 11) is 0. The summed E-state index contributed by atoms with van der Waals surface area (Å²) < 4.78 is 16.7. The monoisotopic (exact) mass is 515 g/mol. The van der Waals surface area contributed by atoms with Crippen molar-refractivity contribution in [3.8, 4) is 6.07 Å². The minimum absolute atomic E-state index is 0.0207. The van der Waals surface area contributed by atoms with Crippen molar-refractivity contribution in [3.63, 3.8) is 0 Å². The Kier molecular flexibility index (Phi) is 6.62. The summed E-state index contributed by atoms with van der Waals surface area (Å²) >= 11 is 0. The first-order valence-electron chi connectivity index (χ1n) is 14.2. The van der Waals surface area contributed by atoms with Gasteiger partial charge >= 0.3 is 17.9 Å². The first kappa shape index (κ1) is 26.5. The summed E-state index contributed by atoms with van der Waals surface area (Å²) in [6.07, 6.45) is 7.74. The van der Waals surface area contributed by atoms with E-state index < -0.39 is 23.1 Å². The van der Waals surface area contributed by atoms with Gasteiger partial charge in [-0.15, -0.1) is 0 Å². The predicted octanol–water partition coefficient (Wildman–Crippen LogP) is 4.08. The largest absolute Gasteiger partial charge is 0.459 e. The smallest absolute Gasteiger partial charge is 0.327 e. The summed E-state index contributed by atoms with van der Waals surface area (Å²) in [5.41, 5.74) is -1.84. The predicted molar refractivity (Wildman–Crippen MR) is 131 cm³/mol. The van der Waals surface area contributed by atoms with Gasteiger partial charge in [-0.05, 0) is 69.6 Å². The number of nitrogens with zero attached hydrogens (tertiary/aromatic N) is 1. The molecule has 37 heavy (non-hydrogen) atoms. The first-order valence-corrected chi connectivity index (χ1v) is 14.2. The topological polar surface area (TPSA) is 123 Å². The molecule has 7 fully saturated rings. The Hall–Kier alpha value is -2.14. The van der Waals surface area contributed by atoms with Crippen molar-refractivity contribution in [1.29, 1.82) is 5.26 Å². The molecule has 1 saturated heterocycles. The SMILES string of the molecule is CCC(C)C(=O)OC12CC3CC(CC(O)(C3)C1)C2.CCC(C)C(=O)OC1C2CC3C1OC(=O)C3(C#N)C2. The van der Waals surface area contributed by atoms with Gasteiger partial charge in [-0.2, -0.15) is 5.26 Å². The second kappa shape index (κ2) is 9.25. The fourth-order valence-corrected chi connectivity index (χ4v) is 8.44. The number of ether oxygens (including phenoxy) is 3. The van der Waals surface area contributed by atoms with Crippen LogP contribution in [0.1, 0.15) is 91.9 Å². The highest BCUT2D eigenvalue weighted by molar-refractivity contribution is 5.84. The molecule has 7 rings (SSSR count). The Morgan fingerprint density at radius 1 is 1.05 bits per heavy atom. The average Bonchev–Trinajstić information content (AvgIpc) is 3.43. The van der Waals surface area contributed by atoms with Crippen molar-refractivity contribution in [2.45, 2.75) is 115 Å². The highest BCUT2D eigenvalue weighted by Gasteiger charge is 2.72. The Bertz CT molecular complexity index is 989. The fraction of sp³-hybridized carbons (Fsp3) is 0.862. The van der Waals surface area contributed by atoms with Crippen LogP contribution in [0.2, 0.25) is 0 Å². The normalized spacial score (nSPS) is 45.4. The highest BCUT2D eigenvalue weighted by atomic mass is 16.6. The molecule has 0 spiro atoms. The maximum Gasteiger partial charge on any atom is 0.327 e. The second-order valence-corrected chi connectivity index (χ2v) is 13.1. The van der Waals surface area contributed by atoms with Crippen LogP contribution in [0.3, 0.4) is 0 Å². The molecule has 0 aromatic rings. The first-order chi connectivity index (χ1) is 17.5. The lowest BCUT2D eigenvalue weighted by Gasteiger charge is -2.59. The number of carbonyl (C=O) groups is 3. The van der Waals surface area contributed by atoms with Gasteiger partial charge in [0.05, 0.1) is 23.5 Å². The molecule has 0 aromatic carbocycles. The number of rotatable bonds is 6. The van der Waals surface area contributed by atoms with Gasteiger partial charge in [-0.25, -0.2) is 0 Å². The van der Waals surface area contributed by atoms with E-state index in [1.165, 1.54) is 6.42 Å². The number of aliphatic hydroxyl groups is 1. The van der Waals surface area contributed by atoms with Gasteiger partial charge in [0, 0.05) is 18.3 Å². The van der Waals surface area contributed by atoms with Gasteiger partial charge in [0.25, 0.3) is 0 Å². The number of carbonyl (C=O) groups excluding carboxylic acids is 3. The van der Waals surface area contributed by atoms with Crippen molar-refractivity contribution < 1.29 is 33.7 Å². The maximum absolute atomic E-state index is 12.1. The van der Waals surface area contributed by atoms with Crippen LogP contribution in [-0.4, -0.2) is 46.4 Å². The molecule has 8 nitrogen and oxygen atoms in total. The van der Waals surface area contributed by atoms with E-state index in [4.69, 9.17) is 14.2 Å². The van der Waals surface area contributed by atoms with Gasteiger partial charge in [0.1, 0.15) is 17.8 Å². The fourth-order valence-electron chi connectivity index (χ4n) is 8.44. The molecule has 6 bridgehead atoms. The lowest BCUT2D eigenvalue weighted by molar-refractivity contribution is -0.222. The molecule has 6 aliphatic carbocycles. The van der Waals surface area contributed by atoms with Gasteiger partial charge < -0.3 is 19.3 Å². The minimum atomic E-state index is -0.964. The highest BCUT2D eigenvalue weighted by Crippen LogP contribution is 2.62. The zero-order valence-electron chi connectivity index (χ0n) is 22.5. The van der Waals surface area contributed by atoms with Gasteiger partial charge in [0.15, 0.2) is 5.41 Å².